The Labute approximate surface area is 259 Å². The van der Waals surface area contributed by atoms with E-state index in [4.69, 9.17) is 0 Å². The van der Waals surface area contributed by atoms with Crippen molar-refractivity contribution < 1.29 is 9.59 Å². The second-order valence-corrected chi connectivity index (χ2v) is 14.1. The third kappa shape index (κ3) is 5.98. The van der Waals surface area contributed by atoms with Crippen molar-refractivity contribution in [2.75, 3.05) is 5.32 Å². The average Bonchev–Trinajstić information content (AvgIpc) is 3.53. The number of hydrogen-bond donors (Lipinski definition) is 2. The topological polar surface area (TPSA) is 93.8 Å². The van der Waals surface area contributed by atoms with Crippen molar-refractivity contribution in [3.8, 4) is 0 Å². The molecule has 42 heavy (non-hydrogen) atoms. The van der Waals surface area contributed by atoms with Crippen molar-refractivity contribution in [3.05, 3.63) is 75.8 Å². The molecule has 0 spiro atoms. The van der Waals surface area contributed by atoms with Crippen LogP contribution in [0.2, 0.25) is 0 Å². The summed E-state index contributed by atoms with van der Waals surface area (Å²) in [6, 6.07) is 16.1. The highest BCUT2D eigenvalue weighted by Gasteiger charge is 2.51. The van der Waals surface area contributed by atoms with Crippen molar-refractivity contribution in [3.63, 3.8) is 0 Å². The van der Waals surface area contributed by atoms with Crippen LogP contribution in [-0.2, 0) is 29.1 Å². The van der Waals surface area contributed by atoms with Gasteiger partial charge in [-0.3, -0.25) is 9.59 Å². The summed E-state index contributed by atoms with van der Waals surface area (Å²) in [7, 11) is 0. The maximum atomic E-state index is 13.1. The Kier molecular flexibility index (Phi) is 7.54. The van der Waals surface area contributed by atoms with Gasteiger partial charge < -0.3 is 15.2 Å². The van der Waals surface area contributed by atoms with Gasteiger partial charge in [-0.15, -0.1) is 5.10 Å². The standard InChI is InChI=1S/C33H37IN6O2/c34-26-8-10-27(11-9-26)35-32(42)21-40-20-28(37-38-40)19-39-18-25(29-5-1-2-6-30(29)39)4-3-7-31(41)36-33-15-22-12-23(16-33)14-24(13-22)17-33/h1-2,5-6,8-11,18,20,22-24H,3-4,7,12-17,19,21H2,(H,35,42)(H,36,41). The molecule has 4 aliphatic rings. The predicted molar refractivity (Wildman–Crippen MR) is 171 cm³/mol. The van der Waals surface area contributed by atoms with Gasteiger partial charge in [-0.1, -0.05) is 23.4 Å². The van der Waals surface area contributed by atoms with Crippen LogP contribution < -0.4 is 10.6 Å². The molecule has 8 rings (SSSR count). The molecule has 4 aliphatic carbocycles. The number of nitrogens with one attached hydrogen (secondary N) is 2. The summed E-state index contributed by atoms with van der Waals surface area (Å²) in [6.07, 6.45) is 14.0. The molecule has 0 radical (unpaired) electrons. The van der Waals surface area contributed by atoms with E-state index < -0.39 is 0 Å². The number of nitrogens with zero attached hydrogens (tertiary/aromatic N) is 4. The molecule has 0 aliphatic heterocycles. The smallest absolute Gasteiger partial charge is 0.246 e. The number of rotatable bonds is 10. The summed E-state index contributed by atoms with van der Waals surface area (Å²) in [4.78, 5) is 25.6. The fourth-order valence-electron chi connectivity index (χ4n) is 8.26. The Morgan fingerprint density at radius 2 is 1.64 bits per heavy atom. The van der Waals surface area contributed by atoms with Crippen molar-refractivity contribution in [1.82, 2.24) is 24.9 Å². The van der Waals surface area contributed by atoms with Crippen LogP contribution in [0.5, 0.6) is 0 Å². The lowest BCUT2D eigenvalue weighted by molar-refractivity contribution is -0.127. The molecule has 2 aromatic heterocycles. The molecule has 0 unspecified atom stereocenters. The molecule has 4 saturated carbocycles. The fraction of sp³-hybridized carbons (Fsp3) is 0.455. The zero-order valence-electron chi connectivity index (χ0n) is 23.8. The summed E-state index contributed by atoms with van der Waals surface area (Å²) in [5, 5.41) is 16.2. The third-order valence-electron chi connectivity index (χ3n) is 9.52. The molecule has 2 aromatic carbocycles. The van der Waals surface area contributed by atoms with E-state index in [-0.39, 0.29) is 23.9 Å². The summed E-state index contributed by atoms with van der Waals surface area (Å²) < 4.78 is 4.89. The van der Waals surface area contributed by atoms with E-state index in [2.05, 4.69) is 72.5 Å². The number of aromatic nitrogens is 4. The largest absolute Gasteiger partial charge is 0.351 e. The number of fused-ring (bicyclic) bond motifs is 1. The van der Waals surface area contributed by atoms with Crippen LogP contribution in [0, 0.1) is 21.3 Å². The molecule has 218 valence electrons. The number of carbonyl (C=O) groups is 2. The molecule has 4 bridgehead atoms. The molecule has 4 aromatic rings. The zero-order valence-corrected chi connectivity index (χ0v) is 25.9. The van der Waals surface area contributed by atoms with Crippen LogP contribution in [0.3, 0.4) is 0 Å². The molecule has 8 nitrogen and oxygen atoms in total. The molecular weight excluding hydrogens is 639 g/mol. The van der Waals surface area contributed by atoms with Gasteiger partial charge in [0.25, 0.3) is 0 Å². The molecular formula is C33H37IN6O2. The van der Waals surface area contributed by atoms with E-state index in [0.717, 1.165) is 51.1 Å². The highest BCUT2D eigenvalue weighted by atomic mass is 127. The van der Waals surface area contributed by atoms with Crippen molar-refractivity contribution in [2.45, 2.75) is 76.4 Å². The molecule has 2 heterocycles. The van der Waals surface area contributed by atoms with Crippen LogP contribution in [-0.4, -0.2) is 36.9 Å². The minimum absolute atomic E-state index is 0.0837. The first-order valence-electron chi connectivity index (χ1n) is 15.2. The van der Waals surface area contributed by atoms with Gasteiger partial charge in [-0.25, -0.2) is 4.68 Å². The van der Waals surface area contributed by atoms with Crippen LogP contribution >= 0.6 is 22.6 Å². The Bertz CT molecular complexity index is 1570. The molecule has 9 heteroatoms. The molecule has 2 amide bonds. The second kappa shape index (κ2) is 11.5. The second-order valence-electron chi connectivity index (χ2n) is 12.9. The molecule has 0 saturated heterocycles. The summed E-state index contributed by atoms with van der Waals surface area (Å²) in [5.74, 6) is 2.58. The summed E-state index contributed by atoms with van der Waals surface area (Å²) >= 11 is 2.24. The Hall–Kier alpha value is -3.21. The number of hydrogen-bond acceptors (Lipinski definition) is 4. The normalized spacial score (nSPS) is 24.3. The van der Waals surface area contributed by atoms with Crippen molar-refractivity contribution >= 4 is 51.0 Å². The molecule has 4 fully saturated rings. The summed E-state index contributed by atoms with van der Waals surface area (Å²) in [6.45, 7) is 0.660. The van der Waals surface area contributed by atoms with E-state index in [1.807, 2.05) is 36.5 Å². The van der Waals surface area contributed by atoms with E-state index >= 15 is 0 Å². The number of aryl methyl sites for hydroxylation is 1. The van der Waals surface area contributed by atoms with Gasteiger partial charge in [0.2, 0.25) is 11.8 Å². The SMILES string of the molecule is O=C(Cn1cc(Cn2cc(CCCC(=O)NC34CC5CC(CC(C5)C3)C4)c3ccccc32)nn1)Nc1ccc(I)cc1. The Balaban J connectivity index is 0.956. The number of carbonyl (C=O) groups excluding carboxylic acids is 2. The minimum atomic E-state index is -0.145. The highest BCUT2D eigenvalue weighted by molar-refractivity contribution is 14.1. The maximum absolute atomic E-state index is 13.1. The first-order chi connectivity index (χ1) is 20.4. The van der Waals surface area contributed by atoms with Gasteiger partial charge in [0.05, 0.1) is 12.7 Å². The van der Waals surface area contributed by atoms with Gasteiger partial charge >= 0.3 is 0 Å². The lowest BCUT2D eigenvalue weighted by Crippen LogP contribution is -2.59. The van der Waals surface area contributed by atoms with Crippen LogP contribution in [0.4, 0.5) is 5.69 Å². The quantitative estimate of drug-likeness (QED) is 0.204. The first kappa shape index (κ1) is 27.6. The van der Waals surface area contributed by atoms with Gasteiger partial charge in [-0.05, 0) is 128 Å². The number of halogens is 1. The molecule has 2 N–H and O–H groups in total. The molecule has 0 atom stereocenters. The fourth-order valence-corrected chi connectivity index (χ4v) is 8.62. The van der Waals surface area contributed by atoms with E-state index in [0.29, 0.717) is 13.0 Å². The van der Waals surface area contributed by atoms with Crippen LogP contribution in [0.1, 0.15) is 62.6 Å². The number of anilines is 1. The highest BCUT2D eigenvalue weighted by Crippen LogP contribution is 2.55. The average molecular weight is 677 g/mol. The third-order valence-corrected chi connectivity index (χ3v) is 10.2. The zero-order chi connectivity index (χ0) is 28.7. The first-order valence-corrected chi connectivity index (χ1v) is 16.3. The van der Waals surface area contributed by atoms with Gasteiger partial charge in [0, 0.05) is 38.3 Å². The Morgan fingerprint density at radius 1 is 0.929 bits per heavy atom. The van der Waals surface area contributed by atoms with Gasteiger partial charge in [0.15, 0.2) is 0 Å². The number of amides is 2. The minimum Gasteiger partial charge on any atom is -0.351 e. The van der Waals surface area contributed by atoms with E-state index in [9.17, 15) is 9.59 Å². The number of para-hydroxylation sites is 1. The summed E-state index contributed by atoms with van der Waals surface area (Å²) in [5.41, 5.74) is 4.02. The van der Waals surface area contributed by atoms with Crippen LogP contribution in [0.25, 0.3) is 10.9 Å². The lowest BCUT2D eigenvalue weighted by atomic mass is 9.53. The Morgan fingerprint density at radius 3 is 2.38 bits per heavy atom. The maximum Gasteiger partial charge on any atom is 0.246 e. The van der Waals surface area contributed by atoms with E-state index in [1.54, 1.807) is 4.68 Å². The van der Waals surface area contributed by atoms with Crippen molar-refractivity contribution in [1.29, 1.82) is 0 Å². The van der Waals surface area contributed by atoms with E-state index in [1.165, 1.54) is 49.5 Å². The number of benzene rings is 2. The lowest BCUT2D eigenvalue weighted by Gasteiger charge is -2.56. The predicted octanol–water partition coefficient (Wildman–Crippen LogP) is 5.93. The van der Waals surface area contributed by atoms with Crippen LogP contribution in [0.15, 0.2) is 60.9 Å². The van der Waals surface area contributed by atoms with Gasteiger partial charge in [0.1, 0.15) is 12.2 Å². The van der Waals surface area contributed by atoms with Gasteiger partial charge in [-0.2, -0.15) is 0 Å². The van der Waals surface area contributed by atoms with Crippen molar-refractivity contribution in [2.24, 2.45) is 17.8 Å². The monoisotopic (exact) mass is 676 g/mol.